The number of halogens is 1. The summed E-state index contributed by atoms with van der Waals surface area (Å²) in [6, 6.07) is 12.9. The van der Waals surface area contributed by atoms with Gasteiger partial charge in [-0.05, 0) is 36.8 Å². The van der Waals surface area contributed by atoms with Gasteiger partial charge in [-0.25, -0.2) is 4.39 Å². The fraction of sp³-hybridized carbons (Fsp3) is 0.176. The molecule has 3 N–H and O–H groups in total. The van der Waals surface area contributed by atoms with Crippen molar-refractivity contribution in [3.05, 3.63) is 66.0 Å². The van der Waals surface area contributed by atoms with Gasteiger partial charge in [0.15, 0.2) is 0 Å². The van der Waals surface area contributed by atoms with E-state index < -0.39 is 34.5 Å². The molecule has 0 spiro atoms. The van der Waals surface area contributed by atoms with E-state index in [0.29, 0.717) is 4.90 Å². The normalized spacial score (nSPS) is 13.0. The highest BCUT2D eigenvalue weighted by Gasteiger charge is 2.20. The Hall–Kier alpha value is -2.54. The van der Waals surface area contributed by atoms with Crippen LogP contribution in [0.25, 0.3) is 0 Å². The summed E-state index contributed by atoms with van der Waals surface area (Å²) < 4.78 is 25.3. The first-order chi connectivity index (χ1) is 11.5. The van der Waals surface area contributed by atoms with E-state index in [1.165, 1.54) is 18.2 Å². The van der Waals surface area contributed by atoms with Gasteiger partial charge in [0.05, 0.1) is 10.8 Å². The maximum absolute atomic E-state index is 13.2. The first-order valence-electron chi connectivity index (χ1n) is 7.26. The van der Waals surface area contributed by atoms with Gasteiger partial charge in [-0.2, -0.15) is 0 Å². The molecule has 2 aromatic carbocycles. The van der Waals surface area contributed by atoms with Crippen molar-refractivity contribution >= 4 is 22.6 Å². The molecule has 126 valence electrons. The summed E-state index contributed by atoms with van der Waals surface area (Å²) in [5.74, 6) is -1.72. The lowest BCUT2D eigenvalue weighted by molar-refractivity contribution is -0.119. The van der Waals surface area contributed by atoms with Crippen molar-refractivity contribution in [2.75, 3.05) is 5.75 Å². The molecule has 0 saturated carbocycles. The maximum Gasteiger partial charge on any atom is 0.252 e. The molecule has 0 aromatic heterocycles. The van der Waals surface area contributed by atoms with Crippen LogP contribution in [0.3, 0.4) is 0 Å². The van der Waals surface area contributed by atoms with Crippen LogP contribution in [0.4, 0.5) is 4.39 Å². The van der Waals surface area contributed by atoms with Crippen LogP contribution in [0.15, 0.2) is 59.5 Å². The second-order valence-electron chi connectivity index (χ2n) is 5.09. The number of rotatable bonds is 7. The molecule has 0 unspecified atom stereocenters. The molecule has 2 amide bonds. The van der Waals surface area contributed by atoms with E-state index in [9.17, 15) is 18.2 Å². The number of nitrogens with two attached hydrogens (primary N) is 1. The number of benzene rings is 2. The summed E-state index contributed by atoms with van der Waals surface area (Å²) in [5, 5.41) is 2.45. The Labute approximate surface area is 141 Å². The molecule has 0 radical (unpaired) electrons. The summed E-state index contributed by atoms with van der Waals surface area (Å²) >= 11 is 0. The molecule has 2 rings (SSSR count). The number of carbonyl (C=O) groups excluding carboxylic acids is 2. The van der Waals surface area contributed by atoms with Crippen molar-refractivity contribution in [3.63, 3.8) is 0 Å². The fourth-order valence-corrected chi connectivity index (χ4v) is 3.22. The molecule has 5 nitrogen and oxygen atoms in total. The molecule has 0 heterocycles. The van der Waals surface area contributed by atoms with Crippen LogP contribution >= 0.6 is 0 Å². The number of primary amides is 1. The van der Waals surface area contributed by atoms with Crippen molar-refractivity contribution in [1.82, 2.24) is 5.32 Å². The fourth-order valence-electron chi connectivity index (χ4n) is 2.07. The molecular weight excluding hydrogens is 331 g/mol. The molecule has 0 saturated heterocycles. The quantitative estimate of drug-likeness (QED) is 0.796. The second-order valence-corrected chi connectivity index (χ2v) is 6.66. The summed E-state index contributed by atoms with van der Waals surface area (Å²) in [5.41, 5.74) is 5.38. The first kappa shape index (κ1) is 17.8. The Morgan fingerprint density at radius 2 is 1.83 bits per heavy atom. The lowest BCUT2D eigenvalue weighted by Gasteiger charge is -2.15. The van der Waals surface area contributed by atoms with Gasteiger partial charge in [-0.1, -0.05) is 24.3 Å². The van der Waals surface area contributed by atoms with Crippen molar-refractivity contribution < 1.29 is 18.2 Å². The van der Waals surface area contributed by atoms with Crippen molar-refractivity contribution in [2.45, 2.75) is 17.4 Å². The number of hydrogen-bond acceptors (Lipinski definition) is 3. The van der Waals surface area contributed by atoms with E-state index in [1.54, 1.807) is 24.3 Å². The lowest BCUT2D eigenvalue weighted by Crippen LogP contribution is -2.45. The smallest absolute Gasteiger partial charge is 0.252 e. The Morgan fingerprint density at radius 1 is 1.12 bits per heavy atom. The molecule has 0 aliphatic carbocycles. The highest BCUT2D eigenvalue weighted by molar-refractivity contribution is 7.85. The molecular formula is C17H17FN2O3S. The van der Waals surface area contributed by atoms with Crippen LogP contribution in [-0.4, -0.2) is 27.8 Å². The zero-order valence-electron chi connectivity index (χ0n) is 12.8. The second kappa shape index (κ2) is 8.35. The first-order valence-corrected chi connectivity index (χ1v) is 8.58. The molecule has 24 heavy (non-hydrogen) atoms. The molecule has 2 aromatic rings. The van der Waals surface area contributed by atoms with Crippen LogP contribution in [0.1, 0.15) is 16.8 Å². The standard InChI is InChI=1S/C17H17FN2O3S/c18-13-6-4-5-12(11-13)17(22)20-15(16(19)21)9-10-24(23)14-7-2-1-3-8-14/h1-8,11,15H,9-10H2,(H2,19,21)(H,20,22)/t15-,24-/m0/s1. The lowest BCUT2D eigenvalue weighted by atomic mass is 10.1. The largest absolute Gasteiger partial charge is 0.368 e. The molecule has 0 aliphatic rings. The minimum absolute atomic E-state index is 0.0884. The highest BCUT2D eigenvalue weighted by Crippen LogP contribution is 2.09. The number of carbonyl (C=O) groups is 2. The van der Waals surface area contributed by atoms with E-state index in [0.717, 1.165) is 6.07 Å². The van der Waals surface area contributed by atoms with E-state index >= 15 is 0 Å². The minimum atomic E-state index is -1.30. The van der Waals surface area contributed by atoms with Crippen molar-refractivity contribution in [3.8, 4) is 0 Å². The number of hydrogen-bond donors (Lipinski definition) is 2. The third-order valence-corrected chi connectivity index (χ3v) is 4.74. The average Bonchev–Trinajstić information content (AvgIpc) is 2.58. The summed E-state index contributed by atoms with van der Waals surface area (Å²) in [6.45, 7) is 0. The Morgan fingerprint density at radius 3 is 2.46 bits per heavy atom. The molecule has 2 atom stereocenters. The highest BCUT2D eigenvalue weighted by atomic mass is 32.2. The molecule has 7 heteroatoms. The van der Waals surface area contributed by atoms with Gasteiger partial charge < -0.3 is 11.1 Å². The van der Waals surface area contributed by atoms with Crippen LogP contribution in [0.5, 0.6) is 0 Å². The predicted molar refractivity (Wildman–Crippen MR) is 89.2 cm³/mol. The van der Waals surface area contributed by atoms with E-state index in [4.69, 9.17) is 5.73 Å². The zero-order chi connectivity index (χ0) is 17.5. The van der Waals surface area contributed by atoms with Crippen LogP contribution in [-0.2, 0) is 15.6 Å². The summed E-state index contributed by atoms with van der Waals surface area (Å²) in [6.07, 6.45) is 0.123. The zero-order valence-corrected chi connectivity index (χ0v) is 13.6. The third-order valence-electron chi connectivity index (χ3n) is 3.33. The summed E-state index contributed by atoms with van der Waals surface area (Å²) in [4.78, 5) is 24.2. The molecule has 0 fully saturated rings. The number of amides is 2. The van der Waals surface area contributed by atoms with Crippen LogP contribution < -0.4 is 11.1 Å². The molecule has 0 bridgehead atoms. The SMILES string of the molecule is NC(=O)[C@H](CC[S@](=O)c1ccccc1)NC(=O)c1cccc(F)c1. The van der Waals surface area contributed by atoms with Gasteiger partial charge in [-0.3, -0.25) is 13.8 Å². The Bertz CT molecular complexity index is 753. The van der Waals surface area contributed by atoms with Gasteiger partial charge in [0, 0.05) is 16.2 Å². The van der Waals surface area contributed by atoms with Crippen molar-refractivity contribution in [1.29, 1.82) is 0 Å². The van der Waals surface area contributed by atoms with Crippen molar-refractivity contribution in [2.24, 2.45) is 5.73 Å². The minimum Gasteiger partial charge on any atom is -0.368 e. The van der Waals surface area contributed by atoms with Gasteiger partial charge >= 0.3 is 0 Å². The van der Waals surface area contributed by atoms with Gasteiger partial charge in [0.25, 0.3) is 5.91 Å². The van der Waals surface area contributed by atoms with E-state index in [2.05, 4.69) is 5.32 Å². The Kier molecular flexibility index (Phi) is 6.20. The third kappa shape index (κ3) is 4.99. The van der Waals surface area contributed by atoms with Gasteiger partial charge in [-0.15, -0.1) is 0 Å². The average molecular weight is 348 g/mol. The monoisotopic (exact) mass is 348 g/mol. The topological polar surface area (TPSA) is 89.3 Å². The predicted octanol–water partition coefficient (Wildman–Crippen LogP) is 1.61. The van der Waals surface area contributed by atoms with Gasteiger partial charge in [0.2, 0.25) is 5.91 Å². The summed E-state index contributed by atoms with van der Waals surface area (Å²) in [7, 11) is -1.30. The van der Waals surface area contributed by atoms with Gasteiger partial charge in [0.1, 0.15) is 11.9 Å². The Balaban J connectivity index is 1.98. The van der Waals surface area contributed by atoms with E-state index in [-0.39, 0.29) is 17.7 Å². The van der Waals surface area contributed by atoms with Crippen LogP contribution in [0, 0.1) is 5.82 Å². The number of nitrogens with one attached hydrogen (secondary N) is 1. The maximum atomic E-state index is 13.2. The molecule has 0 aliphatic heterocycles. The van der Waals surface area contributed by atoms with Crippen LogP contribution in [0.2, 0.25) is 0 Å². The van der Waals surface area contributed by atoms with E-state index in [1.807, 2.05) is 6.07 Å².